The fraction of sp³-hybridized carbons (Fsp3) is 0.185. The second-order valence-corrected chi connectivity index (χ2v) is 22.9. The van der Waals surface area contributed by atoms with Gasteiger partial charge >= 0.3 is 0 Å². The number of hydrogen-bond acceptors (Lipinski definition) is 2. The first-order valence-electron chi connectivity index (χ1n) is 20.5. The number of para-hydroxylation sites is 1. The Hall–Kier alpha value is -5.90. The van der Waals surface area contributed by atoms with Crippen LogP contribution < -0.4 is 15.0 Å². The molecule has 0 amide bonds. The first kappa shape index (κ1) is 36.7. The lowest BCUT2D eigenvalue weighted by atomic mass is 9.81. The van der Waals surface area contributed by atoms with Crippen molar-refractivity contribution >= 4 is 68.9 Å². The van der Waals surface area contributed by atoms with Gasteiger partial charge in [0.15, 0.2) is 0 Å². The standard InChI is InChI=1S/C54H52N2Si/c1-37(2)33-38-17-15-22-42(34-38)56(51-26-16-19-39-18-11-12-23-45(39)51)52-36-50-53(47-25-14-13-24-46(47)52)48-32-29-43(35-49(48)54(50,3)4)55(40-20-9-8-10-21-40)41-27-30-44(31-28-41)57(5,6)7/h8-32,34-37H,33H2,1-7H3. The van der Waals surface area contributed by atoms with Gasteiger partial charge in [-0.05, 0) is 112 Å². The molecular weight excluding hydrogens is 705 g/mol. The van der Waals surface area contributed by atoms with E-state index in [2.05, 4.69) is 227 Å². The molecule has 282 valence electrons. The molecule has 8 aromatic carbocycles. The minimum atomic E-state index is -1.44. The van der Waals surface area contributed by atoms with E-state index < -0.39 is 8.07 Å². The third kappa shape index (κ3) is 6.54. The van der Waals surface area contributed by atoms with Crippen molar-refractivity contribution < 1.29 is 0 Å². The third-order valence-electron chi connectivity index (χ3n) is 12.0. The van der Waals surface area contributed by atoms with E-state index in [4.69, 9.17) is 0 Å². The number of nitrogens with zero attached hydrogens (tertiary/aromatic N) is 2. The van der Waals surface area contributed by atoms with Gasteiger partial charge in [-0.1, -0.05) is 162 Å². The summed E-state index contributed by atoms with van der Waals surface area (Å²) in [6, 6.07) is 63.6. The first-order valence-corrected chi connectivity index (χ1v) is 24.0. The van der Waals surface area contributed by atoms with Crippen LogP contribution in [0.5, 0.6) is 0 Å². The van der Waals surface area contributed by atoms with Crippen molar-refractivity contribution in [3.8, 4) is 11.1 Å². The van der Waals surface area contributed by atoms with Crippen LogP contribution in [0, 0.1) is 5.92 Å². The first-order chi connectivity index (χ1) is 27.5. The van der Waals surface area contributed by atoms with Gasteiger partial charge in [0.2, 0.25) is 0 Å². The van der Waals surface area contributed by atoms with Crippen LogP contribution in [0.15, 0.2) is 170 Å². The highest BCUT2D eigenvalue weighted by molar-refractivity contribution is 6.88. The highest BCUT2D eigenvalue weighted by Gasteiger charge is 2.38. The van der Waals surface area contributed by atoms with Crippen LogP contribution in [0.2, 0.25) is 19.6 Å². The van der Waals surface area contributed by atoms with E-state index in [0.29, 0.717) is 5.92 Å². The normalized spacial score (nSPS) is 13.2. The Labute approximate surface area is 340 Å². The zero-order valence-electron chi connectivity index (χ0n) is 34.3. The van der Waals surface area contributed by atoms with Gasteiger partial charge in [0.25, 0.3) is 0 Å². The molecule has 0 N–H and O–H groups in total. The monoisotopic (exact) mass is 756 g/mol. The van der Waals surface area contributed by atoms with Crippen molar-refractivity contribution in [2.24, 2.45) is 5.92 Å². The lowest BCUT2D eigenvalue weighted by Crippen LogP contribution is -2.37. The summed E-state index contributed by atoms with van der Waals surface area (Å²) in [6.45, 7) is 16.7. The Morgan fingerprint density at radius 3 is 1.82 bits per heavy atom. The van der Waals surface area contributed by atoms with Crippen LogP contribution in [-0.4, -0.2) is 8.07 Å². The van der Waals surface area contributed by atoms with Crippen LogP contribution in [-0.2, 0) is 11.8 Å². The van der Waals surface area contributed by atoms with Crippen molar-refractivity contribution in [2.45, 2.75) is 59.2 Å². The van der Waals surface area contributed by atoms with Gasteiger partial charge in [0, 0.05) is 38.9 Å². The molecule has 0 heterocycles. The Balaban J connectivity index is 1.25. The lowest BCUT2D eigenvalue weighted by Gasteiger charge is -2.31. The molecule has 2 nitrogen and oxygen atoms in total. The molecule has 0 radical (unpaired) electrons. The Bertz CT molecular complexity index is 2750. The summed E-state index contributed by atoms with van der Waals surface area (Å²) in [5.74, 6) is 0.568. The quantitative estimate of drug-likeness (QED) is 0.135. The maximum absolute atomic E-state index is 2.53. The SMILES string of the molecule is CC(C)Cc1cccc(N(c2cccc3ccccc23)c2cc3c(c4ccccc24)-c2ccc(N(c4ccccc4)c4ccc([Si](C)(C)C)cc4)cc2C3(C)C)c1. The van der Waals surface area contributed by atoms with E-state index >= 15 is 0 Å². The molecule has 0 aromatic heterocycles. The third-order valence-corrected chi connectivity index (χ3v) is 14.0. The molecule has 57 heavy (non-hydrogen) atoms. The summed E-state index contributed by atoms with van der Waals surface area (Å²) in [4.78, 5) is 4.95. The highest BCUT2D eigenvalue weighted by atomic mass is 28.3. The van der Waals surface area contributed by atoms with E-state index in [0.717, 1.165) is 12.1 Å². The fourth-order valence-corrected chi connectivity index (χ4v) is 10.3. The number of fused-ring (bicyclic) bond motifs is 6. The Morgan fingerprint density at radius 1 is 0.491 bits per heavy atom. The average molecular weight is 757 g/mol. The van der Waals surface area contributed by atoms with E-state index in [-0.39, 0.29) is 5.41 Å². The Kier molecular flexibility index (Phi) is 9.17. The molecule has 0 bridgehead atoms. The summed E-state index contributed by atoms with van der Waals surface area (Å²) in [5.41, 5.74) is 13.6. The number of benzene rings is 8. The Morgan fingerprint density at radius 2 is 1.09 bits per heavy atom. The van der Waals surface area contributed by atoms with E-state index in [1.54, 1.807) is 0 Å². The minimum Gasteiger partial charge on any atom is -0.310 e. The molecule has 0 spiro atoms. The molecule has 0 atom stereocenters. The van der Waals surface area contributed by atoms with Gasteiger partial charge in [-0.15, -0.1) is 0 Å². The number of anilines is 6. The number of rotatable bonds is 9. The minimum absolute atomic E-state index is 0.257. The fourth-order valence-electron chi connectivity index (χ4n) is 9.12. The molecule has 9 rings (SSSR count). The average Bonchev–Trinajstić information content (AvgIpc) is 3.43. The lowest BCUT2D eigenvalue weighted by molar-refractivity contribution is 0.647. The second-order valence-electron chi connectivity index (χ2n) is 17.8. The summed E-state index contributed by atoms with van der Waals surface area (Å²) >= 11 is 0. The van der Waals surface area contributed by atoms with Gasteiger partial charge in [0.1, 0.15) is 0 Å². The molecule has 3 heteroatoms. The smallest absolute Gasteiger partial charge is 0.0775 e. The maximum atomic E-state index is 2.53. The highest BCUT2D eigenvalue weighted by Crippen LogP contribution is 2.56. The predicted molar refractivity (Wildman–Crippen MR) is 250 cm³/mol. The van der Waals surface area contributed by atoms with E-state index in [1.165, 1.54) is 83.0 Å². The molecule has 8 aromatic rings. The van der Waals surface area contributed by atoms with Crippen LogP contribution in [0.1, 0.15) is 44.4 Å². The predicted octanol–water partition coefficient (Wildman–Crippen LogP) is 15.0. The summed E-state index contributed by atoms with van der Waals surface area (Å²) < 4.78 is 0. The molecule has 0 aliphatic heterocycles. The van der Waals surface area contributed by atoms with Gasteiger partial charge in [0.05, 0.1) is 19.4 Å². The zero-order valence-corrected chi connectivity index (χ0v) is 35.3. The van der Waals surface area contributed by atoms with Crippen LogP contribution in [0.4, 0.5) is 34.1 Å². The van der Waals surface area contributed by atoms with Crippen molar-refractivity contribution in [2.75, 3.05) is 9.80 Å². The molecule has 0 unspecified atom stereocenters. The summed E-state index contributed by atoms with van der Waals surface area (Å²) in [6.07, 6.45) is 1.04. The zero-order chi connectivity index (χ0) is 39.5. The van der Waals surface area contributed by atoms with Crippen molar-refractivity contribution in [3.63, 3.8) is 0 Å². The summed E-state index contributed by atoms with van der Waals surface area (Å²) in [7, 11) is -1.44. The van der Waals surface area contributed by atoms with Crippen LogP contribution >= 0.6 is 0 Å². The van der Waals surface area contributed by atoms with Gasteiger partial charge in [-0.3, -0.25) is 0 Å². The summed E-state index contributed by atoms with van der Waals surface area (Å²) in [5, 5.41) is 6.48. The van der Waals surface area contributed by atoms with Gasteiger partial charge in [-0.25, -0.2) is 0 Å². The molecule has 1 aliphatic rings. The van der Waals surface area contributed by atoms with Crippen molar-refractivity contribution in [1.82, 2.24) is 0 Å². The maximum Gasteiger partial charge on any atom is 0.0775 e. The van der Waals surface area contributed by atoms with Crippen molar-refractivity contribution in [1.29, 1.82) is 0 Å². The molecule has 0 saturated heterocycles. The van der Waals surface area contributed by atoms with Crippen molar-refractivity contribution in [3.05, 3.63) is 187 Å². The topological polar surface area (TPSA) is 6.48 Å². The molecule has 0 saturated carbocycles. The molecular formula is C54H52N2Si. The van der Waals surface area contributed by atoms with Crippen LogP contribution in [0.3, 0.4) is 0 Å². The van der Waals surface area contributed by atoms with Crippen LogP contribution in [0.25, 0.3) is 32.7 Å². The van der Waals surface area contributed by atoms with E-state index in [1.807, 2.05) is 0 Å². The van der Waals surface area contributed by atoms with Gasteiger partial charge in [-0.2, -0.15) is 0 Å². The number of hydrogen-bond donors (Lipinski definition) is 0. The van der Waals surface area contributed by atoms with Gasteiger partial charge < -0.3 is 9.80 Å². The second kappa shape index (κ2) is 14.2. The molecule has 1 aliphatic carbocycles. The molecule has 0 fully saturated rings. The van der Waals surface area contributed by atoms with E-state index in [9.17, 15) is 0 Å². The largest absolute Gasteiger partial charge is 0.310 e.